The lowest BCUT2D eigenvalue weighted by Crippen LogP contribution is -2.21. The maximum absolute atomic E-state index is 5.95. The van der Waals surface area contributed by atoms with Crippen molar-refractivity contribution in [3.63, 3.8) is 0 Å². The molecule has 1 aliphatic rings. The van der Waals surface area contributed by atoms with Crippen LogP contribution in [0.4, 0.5) is 0 Å². The summed E-state index contributed by atoms with van der Waals surface area (Å²) in [5.41, 5.74) is 5.70. The highest BCUT2D eigenvalue weighted by Gasteiger charge is 2.28. The van der Waals surface area contributed by atoms with Crippen LogP contribution in [0.15, 0.2) is 12.4 Å². The molecule has 0 aromatic carbocycles. The first-order valence-electron chi connectivity index (χ1n) is 4.71. The molecule has 2 unspecified atom stereocenters. The molecular formula is C9H14ClN3. The second kappa shape index (κ2) is 3.68. The number of aromatic nitrogens is 2. The third-order valence-electron chi connectivity index (χ3n) is 2.90. The second-order valence-corrected chi connectivity index (χ2v) is 3.94. The lowest BCUT2D eigenvalue weighted by molar-refractivity contribution is 0.388. The average Bonchev–Trinajstić information content (AvgIpc) is 2.71. The van der Waals surface area contributed by atoms with Crippen LogP contribution >= 0.6 is 11.6 Å². The highest BCUT2D eigenvalue weighted by atomic mass is 35.5. The van der Waals surface area contributed by atoms with E-state index in [0.29, 0.717) is 17.2 Å². The van der Waals surface area contributed by atoms with Crippen molar-refractivity contribution in [2.24, 2.45) is 11.7 Å². The van der Waals surface area contributed by atoms with Gasteiger partial charge in [-0.2, -0.15) is 0 Å². The summed E-state index contributed by atoms with van der Waals surface area (Å²) in [6.07, 6.45) is 7.34. The molecule has 2 rings (SSSR count). The fourth-order valence-electron chi connectivity index (χ4n) is 2.20. The zero-order valence-corrected chi connectivity index (χ0v) is 8.24. The molecule has 0 bridgehead atoms. The monoisotopic (exact) mass is 199 g/mol. The molecule has 1 aliphatic carbocycles. The van der Waals surface area contributed by atoms with Gasteiger partial charge in [-0.15, -0.1) is 0 Å². The third-order valence-corrected chi connectivity index (χ3v) is 3.19. The Bertz CT molecular complexity index is 284. The number of imidazole rings is 1. The van der Waals surface area contributed by atoms with Crippen LogP contribution in [0, 0.1) is 5.92 Å². The summed E-state index contributed by atoms with van der Waals surface area (Å²) in [5, 5.41) is 0.588. The molecule has 13 heavy (non-hydrogen) atoms. The van der Waals surface area contributed by atoms with Crippen LogP contribution in [0.1, 0.15) is 25.3 Å². The third kappa shape index (κ3) is 1.58. The van der Waals surface area contributed by atoms with Crippen LogP contribution in [-0.2, 0) is 0 Å². The molecule has 2 N–H and O–H groups in total. The number of hydrogen-bond donors (Lipinski definition) is 1. The van der Waals surface area contributed by atoms with Gasteiger partial charge in [-0.3, -0.25) is 0 Å². The molecule has 0 saturated heterocycles. The van der Waals surface area contributed by atoms with Crippen molar-refractivity contribution in [2.45, 2.75) is 25.3 Å². The first-order chi connectivity index (χ1) is 6.33. The molecule has 0 aliphatic heterocycles. The van der Waals surface area contributed by atoms with Crippen molar-refractivity contribution in [3.8, 4) is 0 Å². The Morgan fingerprint density at radius 2 is 2.46 bits per heavy atom. The molecule has 1 fully saturated rings. The average molecular weight is 200 g/mol. The van der Waals surface area contributed by atoms with Crippen LogP contribution in [-0.4, -0.2) is 16.1 Å². The normalized spacial score (nSPS) is 28.2. The highest BCUT2D eigenvalue weighted by Crippen LogP contribution is 2.36. The first-order valence-corrected chi connectivity index (χ1v) is 5.09. The number of nitrogens with zero attached hydrogens (tertiary/aromatic N) is 2. The quantitative estimate of drug-likeness (QED) is 0.790. The van der Waals surface area contributed by atoms with E-state index in [-0.39, 0.29) is 0 Å². The summed E-state index contributed by atoms with van der Waals surface area (Å²) < 4.78 is 2.05. The van der Waals surface area contributed by atoms with Crippen LogP contribution < -0.4 is 5.73 Å². The van der Waals surface area contributed by atoms with Gasteiger partial charge in [0.25, 0.3) is 0 Å². The smallest absolute Gasteiger partial charge is 0.202 e. The van der Waals surface area contributed by atoms with Gasteiger partial charge >= 0.3 is 0 Å². The highest BCUT2D eigenvalue weighted by molar-refractivity contribution is 6.28. The van der Waals surface area contributed by atoms with E-state index in [9.17, 15) is 0 Å². The number of hydrogen-bond acceptors (Lipinski definition) is 2. The predicted molar refractivity (Wildman–Crippen MR) is 52.7 cm³/mol. The molecule has 2 atom stereocenters. The van der Waals surface area contributed by atoms with Crippen molar-refractivity contribution in [1.29, 1.82) is 0 Å². The molecular weight excluding hydrogens is 186 g/mol. The minimum absolute atomic E-state index is 0.472. The Kier molecular flexibility index (Phi) is 2.56. The number of rotatable bonds is 2. The lowest BCUT2D eigenvalue weighted by Gasteiger charge is -2.19. The fraction of sp³-hybridized carbons (Fsp3) is 0.667. The van der Waals surface area contributed by atoms with Gasteiger partial charge in [0.2, 0.25) is 5.28 Å². The van der Waals surface area contributed by atoms with Crippen LogP contribution in [0.2, 0.25) is 5.28 Å². The van der Waals surface area contributed by atoms with Crippen LogP contribution in [0.25, 0.3) is 0 Å². The van der Waals surface area contributed by atoms with Gasteiger partial charge in [-0.1, -0.05) is 6.42 Å². The van der Waals surface area contributed by atoms with Gasteiger partial charge in [-0.05, 0) is 36.9 Å². The summed E-state index contributed by atoms with van der Waals surface area (Å²) in [6, 6.07) is 0.472. The fourth-order valence-corrected chi connectivity index (χ4v) is 2.44. The Morgan fingerprint density at radius 3 is 3.08 bits per heavy atom. The molecule has 0 radical (unpaired) electrons. The molecule has 1 heterocycles. The summed E-state index contributed by atoms with van der Waals surface area (Å²) in [7, 11) is 0. The number of nitrogens with two attached hydrogens (primary N) is 1. The molecule has 1 saturated carbocycles. The van der Waals surface area contributed by atoms with E-state index in [4.69, 9.17) is 17.3 Å². The Labute approximate surface area is 82.9 Å². The molecule has 4 heteroatoms. The minimum Gasteiger partial charge on any atom is -0.330 e. The van der Waals surface area contributed by atoms with E-state index < -0.39 is 0 Å². The summed E-state index contributed by atoms with van der Waals surface area (Å²) in [4.78, 5) is 4.02. The van der Waals surface area contributed by atoms with E-state index in [1.54, 1.807) is 6.20 Å². The van der Waals surface area contributed by atoms with Crippen LogP contribution in [0.5, 0.6) is 0 Å². The van der Waals surface area contributed by atoms with Gasteiger partial charge in [0.15, 0.2) is 0 Å². The largest absolute Gasteiger partial charge is 0.330 e. The maximum atomic E-state index is 5.95. The molecule has 72 valence electrons. The van der Waals surface area contributed by atoms with Gasteiger partial charge in [0, 0.05) is 18.4 Å². The van der Waals surface area contributed by atoms with Crippen molar-refractivity contribution in [1.82, 2.24) is 9.55 Å². The minimum atomic E-state index is 0.472. The summed E-state index contributed by atoms with van der Waals surface area (Å²) in [6.45, 7) is 0.749. The first kappa shape index (κ1) is 9.03. The van der Waals surface area contributed by atoms with E-state index >= 15 is 0 Å². The van der Waals surface area contributed by atoms with Crippen LogP contribution in [0.3, 0.4) is 0 Å². The zero-order chi connectivity index (χ0) is 9.26. The van der Waals surface area contributed by atoms with Crippen molar-refractivity contribution in [3.05, 3.63) is 17.7 Å². The molecule has 3 nitrogen and oxygen atoms in total. The standard InChI is InChI=1S/C9H14ClN3/c10-9-12-4-5-13(9)8-3-1-2-7(8)6-11/h4-5,7-8H,1-3,6,11H2. The Hall–Kier alpha value is -0.540. The Morgan fingerprint density at radius 1 is 1.62 bits per heavy atom. The predicted octanol–water partition coefficient (Wildman–Crippen LogP) is 1.84. The van der Waals surface area contributed by atoms with Gasteiger partial charge in [-0.25, -0.2) is 4.98 Å². The van der Waals surface area contributed by atoms with Gasteiger partial charge in [0.05, 0.1) is 0 Å². The van der Waals surface area contributed by atoms with Crippen molar-refractivity contribution in [2.75, 3.05) is 6.54 Å². The second-order valence-electron chi connectivity index (χ2n) is 3.60. The lowest BCUT2D eigenvalue weighted by atomic mass is 10.0. The topological polar surface area (TPSA) is 43.8 Å². The zero-order valence-electron chi connectivity index (χ0n) is 7.49. The maximum Gasteiger partial charge on any atom is 0.202 e. The SMILES string of the molecule is NCC1CCCC1n1ccnc1Cl. The van der Waals surface area contributed by atoms with Gasteiger partial charge in [0.1, 0.15) is 0 Å². The van der Waals surface area contributed by atoms with Crippen molar-refractivity contribution < 1.29 is 0 Å². The van der Waals surface area contributed by atoms with E-state index in [1.807, 2.05) is 10.8 Å². The van der Waals surface area contributed by atoms with E-state index in [0.717, 1.165) is 6.54 Å². The van der Waals surface area contributed by atoms with Gasteiger partial charge < -0.3 is 10.3 Å². The van der Waals surface area contributed by atoms with E-state index in [1.165, 1.54) is 19.3 Å². The van der Waals surface area contributed by atoms with E-state index in [2.05, 4.69) is 4.98 Å². The summed E-state index contributed by atoms with van der Waals surface area (Å²) in [5.74, 6) is 0.576. The Balaban J connectivity index is 2.20. The molecule has 0 spiro atoms. The molecule has 0 amide bonds. The summed E-state index contributed by atoms with van der Waals surface area (Å²) >= 11 is 5.95. The number of halogens is 1. The molecule has 1 aromatic heterocycles. The van der Waals surface area contributed by atoms with Crippen molar-refractivity contribution >= 4 is 11.6 Å². The molecule has 1 aromatic rings.